The molecule has 1 aromatic carbocycles. The fraction of sp³-hybridized carbons (Fsp3) is 0.188. The van der Waals surface area contributed by atoms with Crippen molar-refractivity contribution in [2.24, 2.45) is 0 Å². The Morgan fingerprint density at radius 3 is 2.87 bits per heavy atom. The van der Waals surface area contributed by atoms with Crippen LogP contribution >= 0.6 is 11.3 Å². The molecule has 7 heteroatoms. The Morgan fingerprint density at radius 2 is 2.17 bits per heavy atom. The minimum Gasteiger partial charge on any atom is -0.491 e. The molecule has 1 atom stereocenters. The molecular weight excluding hydrogens is 324 g/mol. The van der Waals surface area contributed by atoms with Gasteiger partial charge in [0.25, 0.3) is 0 Å². The van der Waals surface area contributed by atoms with E-state index in [1.54, 1.807) is 6.08 Å². The summed E-state index contributed by atoms with van der Waals surface area (Å²) >= 11 is 1.50. The number of ether oxygens (including phenoxy) is 1. The number of carbonyl (C=O) groups is 1. The van der Waals surface area contributed by atoms with Crippen molar-refractivity contribution in [1.82, 2.24) is 5.32 Å². The number of hydrogen-bond acceptors (Lipinski definition) is 4. The maximum absolute atomic E-state index is 13.0. The molecule has 2 aromatic rings. The minimum atomic E-state index is -1.02. The average molecular weight is 339 g/mol. The van der Waals surface area contributed by atoms with Crippen LogP contribution in [-0.2, 0) is 4.79 Å². The van der Waals surface area contributed by atoms with Crippen LogP contribution in [0, 0.1) is 11.6 Å². The summed E-state index contributed by atoms with van der Waals surface area (Å²) in [6, 6.07) is 6.84. The van der Waals surface area contributed by atoms with Crippen LogP contribution in [0.15, 0.2) is 41.8 Å². The molecule has 0 aliphatic carbocycles. The smallest absolute Gasteiger partial charge is 0.244 e. The van der Waals surface area contributed by atoms with Gasteiger partial charge in [-0.05, 0) is 29.7 Å². The third kappa shape index (κ3) is 5.80. The van der Waals surface area contributed by atoms with Gasteiger partial charge >= 0.3 is 0 Å². The maximum atomic E-state index is 13.0. The molecule has 0 radical (unpaired) electrons. The lowest BCUT2D eigenvalue weighted by Gasteiger charge is -2.12. The summed E-state index contributed by atoms with van der Waals surface area (Å²) in [6.45, 7) is -0.169. The Bertz CT molecular complexity index is 674. The summed E-state index contributed by atoms with van der Waals surface area (Å²) in [7, 11) is 0. The van der Waals surface area contributed by atoms with Crippen LogP contribution in [0.25, 0.3) is 6.08 Å². The third-order valence-corrected chi connectivity index (χ3v) is 3.63. The lowest BCUT2D eigenvalue weighted by atomic mass is 10.3. The van der Waals surface area contributed by atoms with Crippen molar-refractivity contribution in [3.8, 4) is 5.75 Å². The molecule has 0 aliphatic rings. The first-order valence-electron chi connectivity index (χ1n) is 6.80. The van der Waals surface area contributed by atoms with Crippen LogP contribution in [0.5, 0.6) is 5.75 Å². The van der Waals surface area contributed by atoms with Crippen molar-refractivity contribution in [3.63, 3.8) is 0 Å². The molecule has 0 saturated carbocycles. The molecule has 0 saturated heterocycles. The Kier molecular flexibility index (Phi) is 6.25. The van der Waals surface area contributed by atoms with E-state index in [9.17, 15) is 18.7 Å². The number of nitrogens with one attached hydrogen (secondary N) is 1. The highest BCUT2D eigenvalue weighted by molar-refractivity contribution is 7.10. The standard InChI is InChI=1S/C16H15F2NO3S/c17-14-5-3-12(8-15(14)18)22-10-11(20)9-19-16(21)6-4-13-2-1-7-23-13/h1-8,11,20H,9-10H2,(H,19,21)/b6-4+. The number of aliphatic hydroxyl groups excluding tert-OH is 1. The van der Waals surface area contributed by atoms with Crippen molar-refractivity contribution in [2.45, 2.75) is 6.10 Å². The summed E-state index contributed by atoms with van der Waals surface area (Å²) in [4.78, 5) is 12.5. The number of halogens is 2. The monoisotopic (exact) mass is 339 g/mol. The van der Waals surface area contributed by atoms with Crippen LogP contribution in [-0.4, -0.2) is 30.3 Å². The van der Waals surface area contributed by atoms with E-state index in [4.69, 9.17) is 4.74 Å². The molecule has 1 amide bonds. The van der Waals surface area contributed by atoms with Gasteiger partial charge in [0.1, 0.15) is 18.5 Å². The highest BCUT2D eigenvalue weighted by Gasteiger charge is 2.08. The van der Waals surface area contributed by atoms with Crippen LogP contribution < -0.4 is 10.1 Å². The van der Waals surface area contributed by atoms with E-state index >= 15 is 0 Å². The summed E-state index contributed by atoms with van der Waals surface area (Å²) in [6.07, 6.45) is 2.07. The van der Waals surface area contributed by atoms with Crippen LogP contribution in [0.3, 0.4) is 0 Å². The fourth-order valence-corrected chi connectivity index (χ4v) is 2.26. The zero-order valence-electron chi connectivity index (χ0n) is 12.0. The molecule has 1 heterocycles. The lowest BCUT2D eigenvalue weighted by Crippen LogP contribution is -2.34. The predicted octanol–water partition coefficient (Wildman–Crippen LogP) is 2.60. The van der Waals surface area contributed by atoms with Gasteiger partial charge in [0.15, 0.2) is 11.6 Å². The van der Waals surface area contributed by atoms with E-state index in [1.807, 2.05) is 17.5 Å². The number of aliphatic hydroxyl groups is 1. The molecule has 0 bridgehead atoms. The molecular formula is C16H15F2NO3S. The second-order valence-electron chi connectivity index (χ2n) is 4.63. The molecule has 4 nitrogen and oxygen atoms in total. The van der Waals surface area contributed by atoms with Crippen molar-refractivity contribution in [3.05, 3.63) is 58.3 Å². The van der Waals surface area contributed by atoms with Crippen LogP contribution in [0.1, 0.15) is 4.88 Å². The first-order valence-corrected chi connectivity index (χ1v) is 7.68. The van der Waals surface area contributed by atoms with Gasteiger partial charge in [-0.15, -0.1) is 11.3 Å². The van der Waals surface area contributed by atoms with Gasteiger partial charge in [-0.1, -0.05) is 6.07 Å². The summed E-state index contributed by atoms with van der Waals surface area (Å²) in [5.41, 5.74) is 0. The van der Waals surface area contributed by atoms with Gasteiger partial charge in [0.05, 0.1) is 0 Å². The zero-order chi connectivity index (χ0) is 16.7. The highest BCUT2D eigenvalue weighted by atomic mass is 32.1. The largest absolute Gasteiger partial charge is 0.491 e. The van der Waals surface area contributed by atoms with E-state index in [2.05, 4.69) is 5.32 Å². The number of thiophene rings is 1. The van der Waals surface area contributed by atoms with Crippen molar-refractivity contribution < 1.29 is 23.4 Å². The van der Waals surface area contributed by atoms with Gasteiger partial charge in [0.2, 0.25) is 5.91 Å². The maximum Gasteiger partial charge on any atom is 0.244 e. The van der Waals surface area contributed by atoms with Gasteiger partial charge in [-0.3, -0.25) is 4.79 Å². The molecule has 122 valence electrons. The Labute approximate surface area is 136 Å². The zero-order valence-corrected chi connectivity index (χ0v) is 12.9. The number of hydrogen-bond donors (Lipinski definition) is 2. The van der Waals surface area contributed by atoms with E-state index in [1.165, 1.54) is 23.5 Å². The SMILES string of the molecule is O=C(/C=C/c1cccs1)NCC(O)COc1ccc(F)c(F)c1. The van der Waals surface area contributed by atoms with E-state index < -0.39 is 17.7 Å². The minimum absolute atomic E-state index is 0.0166. The number of benzene rings is 1. The number of carbonyl (C=O) groups excluding carboxylic acids is 1. The van der Waals surface area contributed by atoms with Crippen LogP contribution in [0.2, 0.25) is 0 Å². The second kappa shape index (κ2) is 8.40. The van der Waals surface area contributed by atoms with E-state index in [0.717, 1.165) is 17.0 Å². The molecule has 1 aromatic heterocycles. The van der Waals surface area contributed by atoms with E-state index in [0.29, 0.717) is 0 Å². The number of rotatable bonds is 7. The third-order valence-electron chi connectivity index (χ3n) is 2.79. The van der Waals surface area contributed by atoms with Crippen molar-refractivity contribution in [2.75, 3.05) is 13.2 Å². The topological polar surface area (TPSA) is 58.6 Å². The Morgan fingerprint density at radius 1 is 1.35 bits per heavy atom. The summed E-state index contributed by atoms with van der Waals surface area (Å²) in [5.74, 6) is -2.23. The molecule has 0 aliphatic heterocycles. The first-order chi connectivity index (χ1) is 11.0. The Hall–Kier alpha value is -2.25. The molecule has 0 fully saturated rings. The molecule has 2 N–H and O–H groups in total. The average Bonchev–Trinajstić information content (AvgIpc) is 3.05. The quantitative estimate of drug-likeness (QED) is 0.763. The lowest BCUT2D eigenvalue weighted by molar-refractivity contribution is -0.117. The van der Waals surface area contributed by atoms with Crippen LogP contribution in [0.4, 0.5) is 8.78 Å². The van der Waals surface area contributed by atoms with Gasteiger partial charge in [0, 0.05) is 23.6 Å². The number of amides is 1. The first kappa shape index (κ1) is 17.1. The van der Waals surface area contributed by atoms with Gasteiger partial charge in [-0.2, -0.15) is 0 Å². The van der Waals surface area contributed by atoms with E-state index in [-0.39, 0.29) is 24.8 Å². The summed E-state index contributed by atoms with van der Waals surface area (Å²) in [5, 5.41) is 14.1. The highest BCUT2D eigenvalue weighted by Crippen LogP contribution is 2.15. The van der Waals surface area contributed by atoms with Crippen molar-refractivity contribution >= 4 is 23.3 Å². The van der Waals surface area contributed by atoms with Gasteiger partial charge in [-0.25, -0.2) is 8.78 Å². The predicted molar refractivity (Wildman–Crippen MR) is 84.2 cm³/mol. The van der Waals surface area contributed by atoms with Crippen molar-refractivity contribution in [1.29, 1.82) is 0 Å². The molecule has 23 heavy (non-hydrogen) atoms. The molecule has 0 spiro atoms. The fourth-order valence-electron chi connectivity index (χ4n) is 1.64. The van der Waals surface area contributed by atoms with Gasteiger partial charge < -0.3 is 15.2 Å². The molecule has 2 rings (SSSR count). The summed E-state index contributed by atoms with van der Waals surface area (Å²) < 4.78 is 30.9. The Balaban J connectivity index is 1.71. The second-order valence-corrected chi connectivity index (χ2v) is 5.61. The molecule has 1 unspecified atom stereocenters. The normalized spacial score (nSPS) is 12.3.